The van der Waals surface area contributed by atoms with Crippen LogP contribution in [0.25, 0.3) is 0 Å². The van der Waals surface area contributed by atoms with Crippen molar-refractivity contribution in [2.75, 3.05) is 12.3 Å². The minimum atomic E-state index is -4.22. The minimum Gasteiger partial charge on any atom is -0.748 e. The highest BCUT2D eigenvalue weighted by Crippen LogP contribution is 2.19. The van der Waals surface area contributed by atoms with E-state index in [1.807, 2.05) is 0 Å². The molecule has 0 aliphatic rings. The molecule has 0 aromatic carbocycles. The summed E-state index contributed by atoms with van der Waals surface area (Å²) >= 11 is 0. The average molecular weight is 722 g/mol. The first-order valence-electron chi connectivity index (χ1n) is 22.2. The first-order valence-corrected chi connectivity index (χ1v) is 23.8. The molecule has 5 heteroatoms. The summed E-state index contributed by atoms with van der Waals surface area (Å²) in [5.41, 5.74) is 0. The van der Waals surface area contributed by atoms with Crippen molar-refractivity contribution in [3.8, 4) is 0 Å². The maximum absolute atomic E-state index is 11.5. The van der Waals surface area contributed by atoms with E-state index in [1.165, 1.54) is 193 Å². The lowest BCUT2D eigenvalue weighted by Crippen LogP contribution is -2.33. The maximum Gasteiger partial charge on any atom is 0.101 e. The average Bonchev–Trinajstić information content (AvgIpc) is 3.09. The van der Waals surface area contributed by atoms with Crippen LogP contribution >= 0.6 is 0 Å². The van der Waals surface area contributed by atoms with E-state index in [1.54, 1.807) is 0 Å². The molecule has 0 aromatic heterocycles. The van der Waals surface area contributed by atoms with Crippen molar-refractivity contribution in [3.05, 3.63) is 36.8 Å². The zero-order chi connectivity index (χ0) is 36.7. The van der Waals surface area contributed by atoms with E-state index in [0.29, 0.717) is 17.4 Å². The Morgan fingerprint density at radius 3 is 0.860 bits per heavy atom. The van der Waals surface area contributed by atoms with E-state index >= 15 is 0 Å². The Labute approximate surface area is 314 Å². The van der Waals surface area contributed by atoms with Crippen LogP contribution in [0, 0.1) is 0 Å². The quantitative estimate of drug-likeness (QED) is 0.0359. The third kappa shape index (κ3) is 36.9. The zero-order valence-electron chi connectivity index (χ0n) is 34.0. The van der Waals surface area contributed by atoms with Crippen LogP contribution in [0.5, 0.6) is 0 Å². The normalized spacial score (nSPS) is 12.8. The fraction of sp³-hybridized carbons (Fsp3) is 0.867. The Hall–Kier alpha value is -0.910. The van der Waals surface area contributed by atoms with Gasteiger partial charge in [-0.05, 0) is 56.8 Å². The highest BCUT2D eigenvalue weighted by molar-refractivity contribution is 7.85. The molecule has 0 atom stereocenters. The fourth-order valence-electron chi connectivity index (χ4n) is 6.95. The summed E-state index contributed by atoms with van der Waals surface area (Å²) in [6.45, 7) is 7.44. The summed E-state index contributed by atoms with van der Waals surface area (Å²) in [6, 6.07) is 0. The van der Waals surface area contributed by atoms with Crippen molar-refractivity contribution in [1.82, 2.24) is 0 Å². The molecule has 0 aromatic rings. The Balaban J connectivity index is 5.05. The second-order valence-corrected chi connectivity index (χ2v) is 16.9. The van der Waals surface area contributed by atoms with Crippen LogP contribution in [-0.2, 0) is 10.1 Å². The van der Waals surface area contributed by atoms with Crippen LogP contribution in [0.3, 0.4) is 0 Å². The van der Waals surface area contributed by atoms with Gasteiger partial charge in [-0.2, -0.15) is 0 Å². The summed E-state index contributed by atoms with van der Waals surface area (Å²) in [7, 11) is -4.22. The van der Waals surface area contributed by atoms with Crippen LogP contribution in [0.1, 0.15) is 239 Å². The molecule has 0 rings (SSSR count). The molecule has 0 saturated heterocycles. The summed E-state index contributed by atoms with van der Waals surface area (Å²) in [5.74, 6) is -0.294. The van der Waals surface area contributed by atoms with Gasteiger partial charge in [-0.25, -0.2) is 12.9 Å². The predicted molar refractivity (Wildman–Crippen MR) is 221 cm³/mol. The third-order valence-corrected chi connectivity index (χ3v) is 11.1. The highest BCUT2D eigenvalue weighted by atomic mass is 32.2. The number of unbranched alkanes of at least 4 members (excludes halogenated alkanes) is 30. The van der Waals surface area contributed by atoms with Crippen LogP contribution < -0.4 is 0 Å². The molecule has 0 aliphatic heterocycles. The van der Waals surface area contributed by atoms with Crippen molar-refractivity contribution in [1.29, 1.82) is 0 Å². The van der Waals surface area contributed by atoms with Gasteiger partial charge in [-0.3, -0.25) is 0 Å². The molecule has 0 saturated carbocycles. The van der Waals surface area contributed by atoms with E-state index in [9.17, 15) is 13.0 Å². The molecule has 0 aliphatic carbocycles. The summed E-state index contributed by atoms with van der Waals surface area (Å²) in [5, 5.41) is 0. The van der Waals surface area contributed by atoms with Crippen LogP contribution in [0.4, 0.5) is 0 Å². The van der Waals surface area contributed by atoms with Crippen LogP contribution in [0.2, 0.25) is 0 Å². The Morgan fingerprint density at radius 1 is 0.380 bits per heavy atom. The van der Waals surface area contributed by atoms with Crippen molar-refractivity contribution in [2.24, 2.45) is 0 Å². The first-order chi connectivity index (χ1) is 24.4. The lowest BCUT2D eigenvalue weighted by molar-refractivity contribution is -0.773. The van der Waals surface area contributed by atoms with Gasteiger partial charge >= 0.3 is 0 Å². The fourth-order valence-corrected chi connectivity index (χ4v) is 7.43. The Bertz CT molecular complexity index is 795. The molecule has 4 nitrogen and oxygen atoms in total. The molecular weight excluding hydrogens is 635 g/mol. The zero-order valence-corrected chi connectivity index (χ0v) is 34.8. The van der Waals surface area contributed by atoms with E-state index in [4.69, 9.17) is 0 Å². The second-order valence-electron chi connectivity index (χ2n) is 15.4. The Morgan fingerprint density at radius 2 is 0.620 bits per heavy atom. The van der Waals surface area contributed by atoms with Gasteiger partial charge < -0.3 is 4.55 Å². The number of rotatable bonds is 40. The summed E-state index contributed by atoms with van der Waals surface area (Å²) < 4.78 is 35.1. The number of nitrogens with zero attached hydrogens (tertiary/aromatic N) is 1. The van der Waals surface area contributed by atoms with Gasteiger partial charge in [0.05, 0.1) is 16.7 Å². The molecule has 0 spiro atoms. The van der Waals surface area contributed by atoms with Gasteiger partial charge in [0.1, 0.15) is 18.6 Å². The standard InChI is InChI=1S/C45H87NO3S/c1-4-7-10-13-16-19-22-25-28-31-34-37-41-46(44-40-45-50(47,48)49,42-38-35-32-29-26-23-20-17-14-11-8-5-2)43-39-36-33-30-27-24-21-18-15-12-9-6-3/h37-39,41-43H,4-36,40,44-45H2,1-3H3/b41-37+,42-38+,43-39+. The lowest BCUT2D eigenvalue weighted by Gasteiger charge is -2.27. The molecule has 0 unspecified atom stereocenters. The van der Waals surface area contributed by atoms with E-state index in [-0.39, 0.29) is 5.75 Å². The van der Waals surface area contributed by atoms with Gasteiger partial charge in [-0.1, -0.05) is 194 Å². The molecule has 0 radical (unpaired) electrons. The molecule has 0 amide bonds. The van der Waals surface area contributed by atoms with Crippen molar-refractivity contribution >= 4 is 10.1 Å². The monoisotopic (exact) mass is 722 g/mol. The van der Waals surface area contributed by atoms with Crippen LogP contribution in [0.15, 0.2) is 36.8 Å². The predicted octanol–water partition coefficient (Wildman–Crippen LogP) is 15.2. The molecule has 50 heavy (non-hydrogen) atoms. The smallest absolute Gasteiger partial charge is 0.101 e. The Kier molecular flexibility index (Phi) is 37.1. The highest BCUT2D eigenvalue weighted by Gasteiger charge is 2.19. The SMILES string of the molecule is CCCCCCCCCCCC/C=C/[N+](/C=C/CCCCCCCCCCCC)(/C=C/CCCCCCCCCCCC)CCCS(=O)(=O)[O-]. The van der Waals surface area contributed by atoms with Gasteiger partial charge in [-0.15, -0.1) is 0 Å². The largest absolute Gasteiger partial charge is 0.748 e. The second kappa shape index (κ2) is 37.8. The van der Waals surface area contributed by atoms with E-state index in [0.717, 1.165) is 19.3 Å². The van der Waals surface area contributed by atoms with Gasteiger partial charge in [0.25, 0.3) is 0 Å². The van der Waals surface area contributed by atoms with Gasteiger partial charge in [0, 0.05) is 12.2 Å². The maximum atomic E-state index is 11.5. The van der Waals surface area contributed by atoms with Crippen LogP contribution in [-0.4, -0.2) is 29.8 Å². The summed E-state index contributed by atoms with van der Waals surface area (Å²) in [6.07, 6.45) is 57.4. The van der Waals surface area contributed by atoms with Gasteiger partial charge in [0.2, 0.25) is 0 Å². The van der Waals surface area contributed by atoms with Crippen molar-refractivity contribution in [2.45, 2.75) is 239 Å². The molecule has 296 valence electrons. The third-order valence-electron chi connectivity index (χ3n) is 10.3. The van der Waals surface area contributed by atoms with E-state index < -0.39 is 10.1 Å². The lowest BCUT2D eigenvalue weighted by atomic mass is 10.1. The molecule has 0 N–H and O–H groups in total. The van der Waals surface area contributed by atoms with Crippen molar-refractivity contribution in [3.63, 3.8) is 0 Å². The molecular formula is C45H87NO3S. The topological polar surface area (TPSA) is 57.2 Å². The van der Waals surface area contributed by atoms with Gasteiger partial charge in [0.15, 0.2) is 0 Å². The molecule has 0 bridgehead atoms. The summed E-state index contributed by atoms with van der Waals surface area (Å²) in [4.78, 5) is 0. The minimum absolute atomic E-state index is 0.294. The molecule has 0 fully saturated rings. The number of allylic oxidation sites excluding steroid dienone is 3. The van der Waals surface area contributed by atoms with E-state index in [2.05, 4.69) is 57.6 Å². The first kappa shape index (κ1) is 49.1. The molecule has 0 heterocycles. The number of quaternary nitrogens is 1. The van der Waals surface area contributed by atoms with Crippen molar-refractivity contribution < 1.29 is 17.5 Å². The number of hydrogen-bond acceptors (Lipinski definition) is 3. The number of hydrogen-bond donors (Lipinski definition) is 0.